The maximum Gasteiger partial charge on any atom is 0.387 e. The zero-order chi connectivity index (χ0) is 24.7. The SMILES string of the molecule is CCOc1ccccc1NC(=O)/C(C#N)=c1\s/c(=C\c2ccccc2OC(F)F)c(=O)n1CC. The molecule has 0 saturated carbocycles. The lowest BCUT2D eigenvalue weighted by molar-refractivity contribution is -0.111. The number of hydrogen-bond donors (Lipinski definition) is 1. The second kappa shape index (κ2) is 11.2. The van der Waals surface area contributed by atoms with Gasteiger partial charge >= 0.3 is 6.61 Å². The summed E-state index contributed by atoms with van der Waals surface area (Å²) < 4.78 is 37.1. The zero-order valence-corrected chi connectivity index (χ0v) is 19.2. The molecule has 3 aromatic rings. The molecule has 0 aliphatic carbocycles. The maximum atomic E-state index is 13.0. The highest BCUT2D eigenvalue weighted by Gasteiger charge is 2.17. The number of thiazole rings is 1. The van der Waals surface area contributed by atoms with E-state index in [0.29, 0.717) is 18.0 Å². The fourth-order valence-corrected chi connectivity index (χ4v) is 4.32. The number of nitrogens with zero attached hydrogens (tertiary/aromatic N) is 2. The van der Waals surface area contributed by atoms with Crippen LogP contribution in [0, 0.1) is 11.3 Å². The predicted octanol–water partition coefficient (Wildman–Crippen LogP) is 3.07. The molecule has 2 aromatic carbocycles. The Labute approximate surface area is 197 Å². The molecule has 3 rings (SSSR count). The molecule has 0 saturated heterocycles. The third-order valence-corrected chi connectivity index (χ3v) is 5.76. The van der Waals surface area contributed by atoms with E-state index in [-0.39, 0.29) is 32.6 Å². The molecule has 0 bridgehead atoms. The van der Waals surface area contributed by atoms with Crippen molar-refractivity contribution in [3.05, 3.63) is 73.6 Å². The van der Waals surface area contributed by atoms with Crippen LogP contribution < -0.4 is 29.5 Å². The summed E-state index contributed by atoms with van der Waals surface area (Å²) in [7, 11) is 0. The molecule has 0 fully saturated rings. The number of nitrogens with one attached hydrogen (secondary N) is 1. The van der Waals surface area contributed by atoms with Gasteiger partial charge in [-0.1, -0.05) is 30.3 Å². The molecule has 1 heterocycles. The minimum Gasteiger partial charge on any atom is -0.492 e. The smallest absolute Gasteiger partial charge is 0.387 e. The van der Waals surface area contributed by atoms with Gasteiger partial charge in [-0.3, -0.25) is 14.2 Å². The van der Waals surface area contributed by atoms with Crippen LogP contribution in [-0.4, -0.2) is 23.7 Å². The number of benzene rings is 2. The summed E-state index contributed by atoms with van der Waals surface area (Å²) in [5.74, 6) is -0.352. The van der Waals surface area contributed by atoms with Crippen molar-refractivity contribution in [3.8, 4) is 17.6 Å². The third-order valence-electron chi connectivity index (χ3n) is 4.63. The van der Waals surface area contributed by atoms with Gasteiger partial charge in [-0.15, -0.1) is 11.3 Å². The van der Waals surface area contributed by atoms with Gasteiger partial charge in [0.1, 0.15) is 22.2 Å². The Morgan fingerprint density at radius 1 is 1.18 bits per heavy atom. The molecule has 176 valence electrons. The Morgan fingerprint density at radius 2 is 1.85 bits per heavy atom. The minimum absolute atomic E-state index is 0.0929. The molecule has 10 heteroatoms. The van der Waals surface area contributed by atoms with Crippen molar-refractivity contribution >= 4 is 34.6 Å². The number of anilines is 1. The highest BCUT2D eigenvalue weighted by Crippen LogP contribution is 2.24. The van der Waals surface area contributed by atoms with Gasteiger partial charge < -0.3 is 14.8 Å². The van der Waals surface area contributed by atoms with Gasteiger partial charge in [0, 0.05) is 12.1 Å². The number of alkyl halides is 2. The highest BCUT2D eigenvalue weighted by atomic mass is 32.1. The Balaban J connectivity index is 2.13. The number of para-hydroxylation sites is 3. The maximum absolute atomic E-state index is 13.0. The molecule has 34 heavy (non-hydrogen) atoms. The van der Waals surface area contributed by atoms with E-state index in [0.717, 1.165) is 11.3 Å². The third kappa shape index (κ3) is 5.50. The number of ether oxygens (including phenoxy) is 2. The second-order valence-corrected chi connectivity index (χ2v) is 7.78. The van der Waals surface area contributed by atoms with Crippen LogP contribution in [0.1, 0.15) is 19.4 Å². The van der Waals surface area contributed by atoms with Gasteiger partial charge in [0.2, 0.25) is 0 Å². The average Bonchev–Trinajstić information content (AvgIpc) is 3.11. The van der Waals surface area contributed by atoms with E-state index in [9.17, 15) is 23.6 Å². The fourth-order valence-electron chi connectivity index (χ4n) is 3.17. The predicted molar refractivity (Wildman–Crippen MR) is 125 cm³/mol. The van der Waals surface area contributed by atoms with Crippen LogP contribution in [0.3, 0.4) is 0 Å². The van der Waals surface area contributed by atoms with Crippen molar-refractivity contribution in [2.45, 2.75) is 27.0 Å². The lowest BCUT2D eigenvalue weighted by Crippen LogP contribution is -2.33. The van der Waals surface area contributed by atoms with Gasteiger partial charge in [-0.2, -0.15) is 14.0 Å². The standard InChI is InChI=1S/C24H21F2N3O4S/c1-3-29-22(31)20(13-15-9-5-7-11-18(15)33-24(25)26)34-23(29)16(14-27)21(30)28-17-10-6-8-12-19(17)32-4-2/h5-13,24H,3-4H2,1-2H3,(H,28,30)/b20-13-,23-16-. The van der Waals surface area contributed by atoms with Crippen LogP contribution in [0.2, 0.25) is 0 Å². The van der Waals surface area contributed by atoms with Crippen LogP contribution >= 0.6 is 11.3 Å². The summed E-state index contributed by atoms with van der Waals surface area (Å²) in [4.78, 5) is 26.0. The lowest BCUT2D eigenvalue weighted by atomic mass is 10.2. The number of carbonyl (C=O) groups excluding carboxylic acids is 1. The van der Waals surface area contributed by atoms with E-state index >= 15 is 0 Å². The quantitative estimate of drug-likeness (QED) is 0.529. The van der Waals surface area contributed by atoms with Crippen molar-refractivity contribution in [1.29, 1.82) is 5.26 Å². The first-order valence-electron chi connectivity index (χ1n) is 10.3. The Hall–Kier alpha value is -3.97. The molecule has 0 aliphatic heterocycles. The van der Waals surface area contributed by atoms with Crippen LogP contribution in [0.4, 0.5) is 14.5 Å². The second-order valence-electron chi connectivity index (χ2n) is 6.75. The van der Waals surface area contributed by atoms with Gasteiger partial charge in [-0.05, 0) is 38.1 Å². The van der Waals surface area contributed by atoms with Crippen LogP contribution in [0.25, 0.3) is 11.6 Å². The van der Waals surface area contributed by atoms with E-state index < -0.39 is 18.1 Å². The summed E-state index contributed by atoms with van der Waals surface area (Å²) in [6.45, 7) is 1.06. The first kappa shape index (κ1) is 24.7. The number of rotatable bonds is 8. The molecule has 0 aliphatic rings. The molecule has 0 radical (unpaired) electrons. The summed E-state index contributed by atoms with van der Waals surface area (Å²) in [5, 5.41) is 12.4. The van der Waals surface area contributed by atoms with Gasteiger partial charge in [-0.25, -0.2) is 0 Å². The fraction of sp³-hybridized carbons (Fsp3) is 0.208. The average molecular weight is 486 g/mol. The van der Waals surface area contributed by atoms with Crippen molar-refractivity contribution in [1.82, 2.24) is 4.57 Å². The molecule has 0 atom stereocenters. The van der Waals surface area contributed by atoms with Gasteiger partial charge in [0.05, 0.1) is 16.8 Å². The van der Waals surface area contributed by atoms with Crippen molar-refractivity contribution in [2.75, 3.05) is 11.9 Å². The van der Waals surface area contributed by atoms with E-state index in [1.165, 1.54) is 28.8 Å². The summed E-state index contributed by atoms with van der Waals surface area (Å²) in [5.41, 5.74) is -0.0601. The van der Waals surface area contributed by atoms with Crippen LogP contribution in [-0.2, 0) is 11.3 Å². The molecule has 1 amide bonds. The highest BCUT2D eigenvalue weighted by molar-refractivity contribution is 7.07. The Bertz CT molecular complexity index is 1410. The molecule has 7 nitrogen and oxygen atoms in total. The molecular formula is C24H21F2N3O4S. The van der Waals surface area contributed by atoms with E-state index in [2.05, 4.69) is 10.1 Å². The number of nitriles is 1. The monoisotopic (exact) mass is 485 g/mol. The largest absolute Gasteiger partial charge is 0.492 e. The number of hydrogen-bond acceptors (Lipinski definition) is 6. The Morgan fingerprint density at radius 3 is 2.50 bits per heavy atom. The van der Waals surface area contributed by atoms with E-state index in [1.807, 2.05) is 6.07 Å². The summed E-state index contributed by atoms with van der Waals surface area (Å²) in [6, 6.07) is 14.7. The molecular weight excluding hydrogens is 464 g/mol. The zero-order valence-electron chi connectivity index (χ0n) is 18.4. The Kier molecular flexibility index (Phi) is 8.16. The molecule has 1 aromatic heterocycles. The van der Waals surface area contributed by atoms with Crippen molar-refractivity contribution < 1.29 is 23.0 Å². The molecule has 0 unspecified atom stereocenters. The minimum atomic E-state index is -3.03. The van der Waals surface area contributed by atoms with Gasteiger partial charge in [0.25, 0.3) is 11.5 Å². The number of amides is 1. The lowest BCUT2D eigenvalue weighted by Gasteiger charge is -2.10. The van der Waals surface area contributed by atoms with E-state index in [4.69, 9.17) is 4.74 Å². The number of carbonyl (C=O) groups is 1. The molecule has 1 N–H and O–H groups in total. The normalized spacial score (nSPS) is 12.3. The van der Waals surface area contributed by atoms with E-state index in [1.54, 1.807) is 44.2 Å². The van der Waals surface area contributed by atoms with Crippen LogP contribution in [0.5, 0.6) is 11.5 Å². The number of aromatic nitrogens is 1. The first-order valence-corrected chi connectivity index (χ1v) is 11.1. The first-order chi connectivity index (χ1) is 16.4. The number of halogens is 2. The topological polar surface area (TPSA) is 93.3 Å². The molecule has 0 spiro atoms. The van der Waals surface area contributed by atoms with Crippen LogP contribution in [0.15, 0.2) is 53.3 Å². The summed E-state index contributed by atoms with van der Waals surface area (Å²) in [6.07, 6.45) is 1.40. The summed E-state index contributed by atoms with van der Waals surface area (Å²) >= 11 is 0.919. The van der Waals surface area contributed by atoms with Crippen molar-refractivity contribution in [2.24, 2.45) is 0 Å². The van der Waals surface area contributed by atoms with Crippen molar-refractivity contribution in [3.63, 3.8) is 0 Å². The van der Waals surface area contributed by atoms with Gasteiger partial charge in [0.15, 0.2) is 5.57 Å².